The van der Waals surface area contributed by atoms with Crippen LogP contribution in [0.2, 0.25) is 0 Å². The number of ether oxygens (including phenoxy) is 1. The van der Waals surface area contributed by atoms with E-state index in [2.05, 4.69) is 10.1 Å². The normalized spacial score (nSPS) is 12.5. The largest absolute Gasteiger partial charge is 0.472 e. The first kappa shape index (κ1) is 19.3. The van der Waals surface area contributed by atoms with E-state index in [1.807, 2.05) is 36.4 Å². The Balaban J connectivity index is 1.37. The van der Waals surface area contributed by atoms with Gasteiger partial charge in [-0.05, 0) is 48.7 Å². The van der Waals surface area contributed by atoms with Gasteiger partial charge in [0.2, 0.25) is 5.88 Å². The minimum absolute atomic E-state index is 0.215. The van der Waals surface area contributed by atoms with E-state index in [1.165, 1.54) is 12.1 Å². The van der Waals surface area contributed by atoms with Crippen LogP contribution in [0.15, 0.2) is 77.3 Å². The molecule has 0 spiro atoms. The molecule has 5 rings (SSSR count). The van der Waals surface area contributed by atoms with E-state index < -0.39 is 0 Å². The molecule has 0 saturated carbocycles. The third-order valence-electron chi connectivity index (χ3n) is 5.23. The molecule has 5 aromatic rings. The van der Waals surface area contributed by atoms with Crippen molar-refractivity contribution in [3.63, 3.8) is 0 Å². The van der Waals surface area contributed by atoms with Crippen LogP contribution in [0, 0.1) is 5.82 Å². The molecule has 0 radical (unpaired) electrons. The minimum atomic E-state index is -0.242. The highest BCUT2D eigenvalue weighted by Gasteiger charge is 2.15. The first-order chi connectivity index (χ1) is 15.2. The number of fused-ring (bicyclic) bond motifs is 2. The summed E-state index contributed by atoms with van der Waals surface area (Å²) in [6.45, 7) is 0.348. The van der Waals surface area contributed by atoms with Gasteiger partial charge < -0.3 is 14.9 Å². The Bertz CT molecular complexity index is 1290. The van der Waals surface area contributed by atoms with Crippen LogP contribution in [0.4, 0.5) is 4.39 Å². The summed E-state index contributed by atoms with van der Waals surface area (Å²) in [7, 11) is 0. The zero-order chi connectivity index (χ0) is 21.2. The number of aryl methyl sites for hydroxylation is 1. The van der Waals surface area contributed by atoms with E-state index in [0.717, 1.165) is 28.6 Å². The summed E-state index contributed by atoms with van der Waals surface area (Å²) >= 11 is 0. The molecule has 156 valence electrons. The van der Waals surface area contributed by atoms with E-state index in [9.17, 15) is 4.39 Å². The van der Waals surface area contributed by atoms with Crippen molar-refractivity contribution in [3.05, 3.63) is 84.3 Å². The summed E-state index contributed by atoms with van der Waals surface area (Å²) < 4.78 is 26.8. The number of benzene rings is 2. The quantitative estimate of drug-likeness (QED) is 0.419. The van der Waals surface area contributed by atoms with Gasteiger partial charge in [-0.15, -0.1) is 5.10 Å². The fraction of sp³-hybridized carbons (Fsp3) is 0.167. The maximum absolute atomic E-state index is 13.1. The number of para-hydroxylation sites is 1. The maximum atomic E-state index is 13.1. The van der Waals surface area contributed by atoms with Gasteiger partial charge in [0.25, 0.3) is 0 Å². The molecular weight excluding hydrogens is 395 g/mol. The molecule has 3 heterocycles. The smallest absolute Gasteiger partial charge is 0.232 e. The molecule has 0 fully saturated rings. The second-order valence-corrected chi connectivity index (χ2v) is 7.37. The first-order valence-corrected chi connectivity index (χ1v) is 10.1. The third-order valence-corrected chi connectivity index (χ3v) is 5.23. The standard InChI is InChI=1S/C24H21FN4O2/c25-18-8-5-16(6-9-18)7-10-19(14-26)30-24-12-11-23-27-15-20(29(23)28-24)22-13-17-3-1-2-4-21(17)31-22/h1-6,8-9,11-13,15,19H,7,10,14,26H2. The number of aromatic nitrogens is 3. The molecule has 0 aliphatic heterocycles. The average Bonchev–Trinajstić information content (AvgIpc) is 3.41. The topological polar surface area (TPSA) is 78.6 Å². The molecule has 6 nitrogen and oxygen atoms in total. The highest BCUT2D eigenvalue weighted by atomic mass is 19.1. The summed E-state index contributed by atoms with van der Waals surface area (Å²) in [5.74, 6) is 0.899. The van der Waals surface area contributed by atoms with Crippen LogP contribution in [-0.2, 0) is 6.42 Å². The Morgan fingerprint density at radius 2 is 1.90 bits per heavy atom. The molecule has 0 amide bonds. The van der Waals surface area contributed by atoms with E-state index in [4.69, 9.17) is 14.9 Å². The van der Waals surface area contributed by atoms with Gasteiger partial charge in [0, 0.05) is 18.0 Å². The molecule has 2 aromatic carbocycles. The van der Waals surface area contributed by atoms with Crippen molar-refractivity contribution in [2.45, 2.75) is 18.9 Å². The number of hydrogen-bond acceptors (Lipinski definition) is 5. The highest BCUT2D eigenvalue weighted by molar-refractivity contribution is 5.82. The van der Waals surface area contributed by atoms with Gasteiger partial charge in [-0.3, -0.25) is 0 Å². The van der Waals surface area contributed by atoms with Crippen LogP contribution < -0.4 is 10.5 Å². The Kier molecular flexibility index (Phi) is 5.09. The zero-order valence-corrected chi connectivity index (χ0v) is 16.7. The van der Waals surface area contributed by atoms with Crippen molar-refractivity contribution >= 4 is 16.6 Å². The Morgan fingerprint density at radius 3 is 2.71 bits per heavy atom. The van der Waals surface area contributed by atoms with Crippen molar-refractivity contribution in [2.75, 3.05) is 6.54 Å². The van der Waals surface area contributed by atoms with Crippen LogP contribution in [0.1, 0.15) is 12.0 Å². The van der Waals surface area contributed by atoms with E-state index >= 15 is 0 Å². The van der Waals surface area contributed by atoms with Gasteiger partial charge >= 0.3 is 0 Å². The molecule has 0 bridgehead atoms. The lowest BCUT2D eigenvalue weighted by atomic mass is 10.1. The van der Waals surface area contributed by atoms with Crippen LogP contribution in [0.3, 0.4) is 0 Å². The Morgan fingerprint density at radius 1 is 1.06 bits per heavy atom. The van der Waals surface area contributed by atoms with Gasteiger partial charge in [0.05, 0.1) is 6.20 Å². The lowest BCUT2D eigenvalue weighted by molar-refractivity contribution is 0.189. The lowest BCUT2D eigenvalue weighted by Gasteiger charge is -2.16. The molecule has 2 N–H and O–H groups in total. The number of hydrogen-bond donors (Lipinski definition) is 1. The predicted octanol–water partition coefficient (Wildman–Crippen LogP) is 4.62. The second kappa shape index (κ2) is 8.20. The number of rotatable bonds is 7. The van der Waals surface area contributed by atoms with Crippen molar-refractivity contribution in [2.24, 2.45) is 5.73 Å². The van der Waals surface area contributed by atoms with Crippen molar-refractivity contribution in [3.8, 4) is 17.3 Å². The molecule has 31 heavy (non-hydrogen) atoms. The van der Waals surface area contributed by atoms with Crippen molar-refractivity contribution < 1.29 is 13.5 Å². The summed E-state index contributed by atoms with van der Waals surface area (Å²) in [6.07, 6.45) is 2.95. The summed E-state index contributed by atoms with van der Waals surface area (Å²) in [5.41, 5.74) is 9.20. The second-order valence-electron chi connectivity index (χ2n) is 7.37. The van der Waals surface area contributed by atoms with Crippen molar-refractivity contribution in [1.29, 1.82) is 0 Å². The molecular formula is C24H21FN4O2. The first-order valence-electron chi connectivity index (χ1n) is 10.1. The number of imidazole rings is 1. The zero-order valence-electron chi connectivity index (χ0n) is 16.7. The summed E-state index contributed by atoms with van der Waals surface area (Å²) in [4.78, 5) is 4.42. The molecule has 1 atom stereocenters. The molecule has 7 heteroatoms. The fourth-order valence-corrected chi connectivity index (χ4v) is 3.57. The number of nitrogens with zero attached hydrogens (tertiary/aromatic N) is 3. The van der Waals surface area contributed by atoms with Crippen LogP contribution in [-0.4, -0.2) is 27.2 Å². The van der Waals surface area contributed by atoms with Gasteiger partial charge in [0.15, 0.2) is 11.4 Å². The fourth-order valence-electron chi connectivity index (χ4n) is 3.57. The Labute approximate surface area is 178 Å². The lowest BCUT2D eigenvalue weighted by Crippen LogP contribution is -2.27. The van der Waals surface area contributed by atoms with E-state index in [0.29, 0.717) is 30.3 Å². The van der Waals surface area contributed by atoms with E-state index in [1.54, 1.807) is 28.9 Å². The van der Waals surface area contributed by atoms with Crippen LogP contribution in [0.5, 0.6) is 5.88 Å². The van der Waals surface area contributed by atoms with Crippen molar-refractivity contribution in [1.82, 2.24) is 14.6 Å². The highest BCUT2D eigenvalue weighted by Crippen LogP contribution is 2.28. The summed E-state index contributed by atoms with van der Waals surface area (Å²) in [6, 6.07) is 19.9. The van der Waals surface area contributed by atoms with Crippen LogP contribution >= 0.6 is 0 Å². The average molecular weight is 416 g/mol. The minimum Gasteiger partial charge on any atom is -0.472 e. The number of nitrogens with two attached hydrogens (primary N) is 1. The maximum Gasteiger partial charge on any atom is 0.232 e. The summed E-state index contributed by atoms with van der Waals surface area (Å²) in [5, 5.41) is 5.62. The predicted molar refractivity (Wildman–Crippen MR) is 116 cm³/mol. The number of halogens is 1. The van der Waals surface area contributed by atoms with E-state index in [-0.39, 0.29) is 11.9 Å². The van der Waals surface area contributed by atoms with Gasteiger partial charge in [-0.1, -0.05) is 30.3 Å². The van der Waals surface area contributed by atoms with Gasteiger partial charge in [-0.25, -0.2) is 13.9 Å². The third kappa shape index (κ3) is 4.00. The molecule has 1 unspecified atom stereocenters. The SMILES string of the molecule is NCC(CCc1ccc(F)cc1)Oc1ccc2ncc(-c3cc4ccccc4o3)n2n1. The van der Waals surface area contributed by atoms with Crippen LogP contribution in [0.25, 0.3) is 28.1 Å². The molecule has 0 aliphatic carbocycles. The number of furan rings is 1. The van der Waals surface area contributed by atoms with Gasteiger partial charge in [-0.2, -0.15) is 0 Å². The molecule has 3 aromatic heterocycles. The monoisotopic (exact) mass is 416 g/mol. The molecule has 0 saturated heterocycles. The Hall–Kier alpha value is -3.71. The molecule has 0 aliphatic rings. The van der Waals surface area contributed by atoms with Gasteiger partial charge in [0.1, 0.15) is 23.2 Å².